The molecule has 0 bridgehead atoms. The predicted octanol–water partition coefficient (Wildman–Crippen LogP) is 2.05. The second kappa shape index (κ2) is 5.88. The smallest absolute Gasteiger partial charge is 0.335 e. The monoisotopic (exact) mass is 301 g/mol. The van der Waals surface area contributed by atoms with Crippen LogP contribution in [0.1, 0.15) is 53.0 Å². The number of hydrogen-bond donors (Lipinski definition) is 3. The van der Waals surface area contributed by atoms with Crippen LogP contribution in [0.3, 0.4) is 0 Å². The van der Waals surface area contributed by atoms with E-state index < -0.39 is 11.6 Å². The highest BCUT2D eigenvalue weighted by molar-refractivity contribution is 5.87. The normalized spacial score (nSPS) is 21.7. The number of carbonyl (C=O) groups is 1. The molecule has 3 N–H and O–H groups in total. The molecular weight excluding hydrogens is 282 g/mol. The molecule has 0 amide bonds. The maximum atomic E-state index is 11.1. The van der Waals surface area contributed by atoms with E-state index in [4.69, 9.17) is 5.11 Å². The van der Waals surface area contributed by atoms with Crippen LogP contribution < -0.4 is 0 Å². The largest absolute Gasteiger partial charge is 0.478 e. The van der Waals surface area contributed by atoms with Crippen LogP contribution in [-0.4, -0.2) is 31.6 Å². The van der Waals surface area contributed by atoms with Crippen LogP contribution in [0.5, 0.6) is 0 Å². The molecule has 1 atom stereocenters. The van der Waals surface area contributed by atoms with Gasteiger partial charge in [0.15, 0.2) is 0 Å². The van der Waals surface area contributed by atoms with E-state index in [0.29, 0.717) is 18.5 Å². The molecule has 3 rings (SSSR count). The summed E-state index contributed by atoms with van der Waals surface area (Å²) < 4.78 is 0. The van der Waals surface area contributed by atoms with Crippen molar-refractivity contribution in [2.24, 2.45) is 0 Å². The standard InChI is InChI=1S/C16H19N3O3/c20-15(21)12-7-5-11(6-8-12)10-16(22)9-3-1-2-4-13-14(16)18-19-17-13/h5-8,22H,1-4,9-10H2,(H,20,21)(H,17,18,19). The Morgan fingerprint density at radius 3 is 2.68 bits per heavy atom. The summed E-state index contributed by atoms with van der Waals surface area (Å²) in [6, 6.07) is 6.63. The predicted molar refractivity (Wildman–Crippen MR) is 79.6 cm³/mol. The number of nitrogens with zero attached hydrogens (tertiary/aromatic N) is 2. The molecule has 1 unspecified atom stereocenters. The van der Waals surface area contributed by atoms with Crippen molar-refractivity contribution in [3.63, 3.8) is 0 Å². The first kappa shape index (κ1) is 14.7. The average Bonchev–Trinajstić information content (AvgIpc) is 2.94. The van der Waals surface area contributed by atoms with Crippen LogP contribution in [0, 0.1) is 0 Å². The minimum Gasteiger partial charge on any atom is -0.478 e. The first-order chi connectivity index (χ1) is 10.6. The Bertz CT molecular complexity index is 666. The maximum Gasteiger partial charge on any atom is 0.335 e. The van der Waals surface area contributed by atoms with Gasteiger partial charge in [0, 0.05) is 6.42 Å². The summed E-state index contributed by atoms with van der Waals surface area (Å²) in [5.41, 5.74) is 1.56. The minimum atomic E-state index is -1.05. The van der Waals surface area contributed by atoms with Gasteiger partial charge in [-0.1, -0.05) is 25.0 Å². The summed E-state index contributed by atoms with van der Waals surface area (Å²) in [4.78, 5) is 10.9. The fourth-order valence-electron chi connectivity index (χ4n) is 3.08. The summed E-state index contributed by atoms with van der Waals surface area (Å²) in [5.74, 6) is -0.949. The third kappa shape index (κ3) is 2.87. The number of rotatable bonds is 3. The summed E-state index contributed by atoms with van der Waals surface area (Å²) in [6.45, 7) is 0. The molecule has 0 fully saturated rings. The molecule has 116 valence electrons. The summed E-state index contributed by atoms with van der Waals surface area (Å²) in [7, 11) is 0. The highest BCUT2D eigenvalue weighted by atomic mass is 16.4. The Balaban J connectivity index is 1.88. The van der Waals surface area contributed by atoms with Crippen molar-refractivity contribution < 1.29 is 15.0 Å². The van der Waals surface area contributed by atoms with Crippen molar-refractivity contribution in [1.82, 2.24) is 15.4 Å². The van der Waals surface area contributed by atoms with Gasteiger partial charge >= 0.3 is 5.97 Å². The quantitative estimate of drug-likeness (QED) is 0.805. The molecule has 0 saturated heterocycles. The SMILES string of the molecule is O=C(O)c1ccc(CC2(O)CCCCCc3n[nH]nc32)cc1. The number of aliphatic hydroxyl groups is 1. The maximum absolute atomic E-state index is 11.1. The van der Waals surface area contributed by atoms with Gasteiger partial charge in [-0.3, -0.25) is 0 Å². The van der Waals surface area contributed by atoms with E-state index in [1.807, 2.05) is 0 Å². The van der Waals surface area contributed by atoms with E-state index in [-0.39, 0.29) is 5.56 Å². The van der Waals surface area contributed by atoms with Gasteiger partial charge in [-0.05, 0) is 37.0 Å². The molecule has 0 aliphatic heterocycles. The number of fused-ring (bicyclic) bond motifs is 1. The molecule has 1 aliphatic carbocycles. The third-order valence-electron chi connectivity index (χ3n) is 4.26. The van der Waals surface area contributed by atoms with E-state index in [0.717, 1.165) is 36.9 Å². The van der Waals surface area contributed by atoms with Crippen molar-refractivity contribution in [2.45, 2.75) is 44.1 Å². The van der Waals surface area contributed by atoms with Gasteiger partial charge in [0.2, 0.25) is 0 Å². The molecule has 1 aromatic heterocycles. The second-order valence-electron chi connectivity index (χ2n) is 5.89. The van der Waals surface area contributed by atoms with Gasteiger partial charge < -0.3 is 10.2 Å². The van der Waals surface area contributed by atoms with Crippen LogP contribution in [0.2, 0.25) is 0 Å². The van der Waals surface area contributed by atoms with E-state index in [9.17, 15) is 9.90 Å². The van der Waals surface area contributed by atoms with Crippen molar-refractivity contribution in [2.75, 3.05) is 0 Å². The van der Waals surface area contributed by atoms with Crippen LogP contribution >= 0.6 is 0 Å². The number of aromatic carboxylic acids is 1. The lowest BCUT2D eigenvalue weighted by Gasteiger charge is -2.28. The first-order valence-corrected chi connectivity index (χ1v) is 7.53. The molecule has 2 aromatic rings. The Kier molecular flexibility index (Phi) is 3.94. The summed E-state index contributed by atoms with van der Waals surface area (Å²) in [5, 5.41) is 31.0. The molecule has 1 heterocycles. The number of aromatic amines is 1. The zero-order valence-electron chi connectivity index (χ0n) is 12.2. The lowest BCUT2D eigenvalue weighted by atomic mass is 9.82. The van der Waals surface area contributed by atoms with Gasteiger partial charge in [-0.25, -0.2) is 4.79 Å². The van der Waals surface area contributed by atoms with Crippen molar-refractivity contribution in [1.29, 1.82) is 0 Å². The van der Waals surface area contributed by atoms with Crippen LogP contribution in [0.15, 0.2) is 24.3 Å². The van der Waals surface area contributed by atoms with Crippen molar-refractivity contribution >= 4 is 5.97 Å². The Morgan fingerprint density at radius 2 is 1.95 bits per heavy atom. The minimum absolute atomic E-state index is 0.246. The average molecular weight is 301 g/mol. The van der Waals surface area contributed by atoms with Gasteiger partial charge in [-0.15, -0.1) is 0 Å². The Labute approximate surface area is 128 Å². The fraction of sp³-hybridized carbons (Fsp3) is 0.438. The molecule has 6 heteroatoms. The van der Waals surface area contributed by atoms with Crippen LogP contribution in [0.25, 0.3) is 0 Å². The van der Waals surface area contributed by atoms with Crippen LogP contribution in [0.4, 0.5) is 0 Å². The van der Waals surface area contributed by atoms with Gasteiger partial charge in [0.25, 0.3) is 0 Å². The summed E-state index contributed by atoms with van der Waals surface area (Å²) >= 11 is 0. The third-order valence-corrected chi connectivity index (χ3v) is 4.26. The number of aryl methyl sites for hydroxylation is 1. The Morgan fingerprint density at radius 1 is 1.18 bits per heavy atom. The highest BCUT2D eigenvalue weighted by Crippen LogP contribution is 2.34. The Hall–Kier alpha value is -2.21. The van der Waals surface area contributed by atoms with E-state index in [1.54, 1.807) is 24.3 Å². The molecule has 22 heavy (non-hydrogen) atoms. The number of carboxylic acid groups (broad SMARTS) is 1. The molecule has 0 radical (unpaired) electrons. The zero-order chi connectivity index (χ0) is 15.6. The second-order valence-corrected chi connectivity index (χ2v) is 5.89. The fourth-order valence-corrected chi connectivity index (χ4v) is 3.08. The number of H-pyrrole nitrogens is 1. The molecule has 0 saturated carbocycles. The van der Waals surface area contributed by atoms with Gasteiger partial charge in [-0.2, -0.15) is 15.4 Å². The molecular formula is C16H19N3O3. The van der Waals surface area contributed by atoms with E-state index in [2.05, 4.69) is 15.4 Å². The van der Waals surface area contributed by atoms with Gasteiger partial charge in [0.1, 0.15) is 11.3 Å². The number of hydrogen-bond acceptors (Lipinski definition) is 4. The van der Waals surface area contributed by atoms with Crippen molar-refractivity contribution in [3.05, 3.63) is 46.8 Å². The number of aromatic nitrogens is 3. The lowest BCUT2D eigenvalue weighted by molar-refractivity contribution is 0.0182. The van der Waals surface area contributed by atoms with Crippen molar-refractivity contribution in [3.8, 4) is 0 Å². The lowest BCUT2D eigenvalue weighted by Crippen LogP contribution is -2.31. The first-order valence-electron chi connectivity index (χ1n) is 7.53. The number of benzene rings is 1. The number of nitrogens with one attached hydrogen (secondary N) is 1. The highest BCUT2D eigenvalue weighted by Gasteiger charge is 2.35. The zero-order valence-corrected chi connectivity index (χ0v) is 12.2. The molecule has 1 aliphatic rings. The molecule has 6 nitrogen and oxygen atoms in total. The van der Waals surface area contributed by atoms with Crippen LogP contribution in [-0.2, 0) is 18.4 Å². The molecule has 1 aromatic carbocycles. The number of carboxylic acids is 1. The molecule has 0 spiro atoms. The van der Waals surface area contributed by atoms with Gasteiger partial charge in [0.05, 0.1) is 11.3 Å². The summed E-state index contributed by atoms with van der Waals surface area (Å²) in [6.07, 6.45) is 4.93. The van der Waals surface area contributed by atoms with E-state index >= 15 is 0 Å². The topological polar surface area (TPSA) is 99.1 Å². The van der Waals surface area contributed by atoms with E-state index in [1.165, 1.54) is 0 Å².